The number of rotatable bonds is 14. The van der Waals surface area contributed by atoms with E-state index in [0.29, 0.717) is 43.4 Å². The van der Waals surface area contributed by atoms with Crippen LogP contribution in [0.2, 0.25) is 5.02 Å². The number of hydrogen-bond donors (Lipinski definition) is 3. The Bertz CT molecular complexity index is 3990. The number of carbonyl (C=O) groups excluding carboxylic acids is 2. The number of pyridine rings is 1. The SMILES string of the molecule is CC(C)OC(=O)C(C)(C)Oc1ccc(C(=O)c2ccc(Cl)cc2)cc1.Cc1cc(C=Cc2ccc3cc(N(C)C)ccc3[n+]2C)c(C)n1-c1ccccc1.O=C(O)c1cc2ccccc2c(Cc2c(O)c(C(=O)O)cc3ccccc23)c1[O-]. The van der Waals surface area contributed by atoms with E-state index < -0.39 is 35.0 Å². The van der Waals surface area contributed by atoms with Crippen LogP contribution in [0.3, 0.4) is 0 Å². The molecule has 422 valence electrons. The molecule has 0 radical (unpaired) electrons. The average Bonchev–Trinajstić information content (AvgIpc) is 3.47. The minimum atomic E-state index is -1.34. The molecule has 13 nitrogen and oxygen atoms in total. The Kier molecular flexibility index (Phi) is 18.2. The van der Waals surface area contributed by atoms with Crippen molar-refractivity contribution >= 4 is 85.6 Å². The Morgan fingerprint density at radius 3 is 1.84 bits per heavy atom. The van der Waals surface area contributed by atoms with E-state index >= 15 is 0 Å². The molecule has 0 amide bonds. The molecule has 83 heavy (non-hydrogen) atoms. The molecule has 3 N–H and O–H groups in total. The number of halogens is 1. The molecule has 0 unspecified atom stereocenters. The Morgan fingerprint density at radius 1 is 0.687 bits per heavy atom. The molecule has 0 saturated carbocycles. The van der Waals surface area contributed by atoms with Crippen molar-refractivity contribution in [3.8, 4) is 22.9 Å². The van der Waals surface area contributed by atoms with E-state index in [1.165, 1.54) is 57.1 Å². The number of carbonyl (C=O) groups is 4. The number of nitrogens with zero attached hydrogens (tertiary/aromatic N) is 3. The lowest BCUT2D eigenvalue weighted by Crippen LogP contribution is -2.40. The minimum Gasteiger partial charge on any atom is -0.872 e. The number of carboxylic acid groups (broad SMARTS) is 2. The van der Waals surface area contributed by atoms with Gasteiger partial charge in [0.2, 0.25) is 11.2 Å². The van der Waals surface area contributed by atoms with Gasteiger partial charge < -0.3 is 39.4 Å². The number of ether oxygens (including phenoxy) is 2. The fraction of sp³-hybridized carbons (Fsp3) is 0.174. The monoisotopic (exact) mass is 1130 g/mol. The molecule has 0 spiro atoms. The summed E-state index contributed by atoms with van der Waals surface area (Å²) >= 11 is 5.84. The van der Waals surface area contributed by atoms with E-state index in [0.717, 1.165) is 0 Å². The molecule has 0 bridgehead atoms. The minimum absolute atomic E-state index is 0.103. The third kappa shape index (κ3) is 13.6. The van der Waals surface area contributed by atoms with Crippen molar-refractivity contribution in [2.24, 2.45) is 7.05 Å². The van der Waals surface area contributed by atoms with Crippen molar-refractivity contribution < 1.29 is 53.6 Å². The molecule has 0 atom stereocenters. The molecule has 0 fully saturated rings. The van der Waals surface area contributed by atoms with Crippen LogP contribution in [0, 0.1) is 13.8 Å². The Labute approximate surface area is 487 Å². The maximum Gasteiger partial charge on any atom is 0.350 e. The molecule has 8 aromatic carbocycles. The second-order valence-electron chi connectivity index (χ2n) is 20.9. The quantitative estimate of drug-likeness (QED) is 0.0535. The zero-order chi connectivity index (χ0) is 59.9. The van der Waals surface area contributed by atoms with Gasteiger partial charge in [0.1, 0.15) is 24.1 Å². The number of phenols is 1. The largest absolute Gasteiger partial charge is 0.872 e. The molecule has 0 aliphatic heterocycles. The highest BCUT2D eigenvalue weighted by molar-refractivity contribution is 6.30. The van der Waals surface area contributed by atoms with E-state index in [1.54, 1.807) is 125 Å². The molecule has 0 saturated heterocycles. The summed E-state index contributed by atoms with van der Waals surface area (Å²) in [6, 6.07) is 53.6. The van der Waals surface area contributed by atoms with Gasteiger partial charge in [-0.2, -0.15) is 4.57 Å². The van der Waals surface area contributed by atoms with Crippen LogP contribution in [0.1, 0.15) is 98.1 Å². The zero-order valence-corrected chi connectivity index (χ0v) is 48.4. The number of aromatic carboxylic acids is 2. The first-order valence-electron chi connectivity index (χ1n) is 26.8. The van der Waals surface area contributed by atoms with Crippen LogP contribution in [0.15, 0.2) is 176 Å². The number of aromatic hydroxyl groups is 1. The second kappa shape index (κ2) is 25.4. The fourth-order valence-corrected chi connectivity index (χ4v) is 9.89. The topological polar surface area (TPSA) is 183 Å². The van der Waals surface area contributed by atoms with Crippen LogP contribution in [0.5, 0.6) is 17.2 Å². The van der Waals surface area contributed by atoms with Gasteiger partial charge in [0, 0.05) is 88.6 Å². The van der Waals surface area contributed by atoms with E-state index in [4.69, 9.17) is 21.1 Å². The van der Waals surface area contributed by atoms with Crippen LogP contribution in [0.4, 0.5) is 5.69 Å². The molecule has 14 heteroatoms. The first-order chi connectivity index (χ1) is 39.5. The maximum absolute atomic E-state index is 12.9. The second-order valence-corrected chi connectivity index (χ2v) is 21.4. The van der Waals surface area contributed by atoms with Crippen LogP contribution in [-0.2, 0) is 23.0 Å². The predicted molar refractivity (Wildman–Crippen MR) is 327 cm³/mol. The lowest BCUT2D eigenvalue weighted by atomic mass is 9.90. The number of ketones is 1. The third-order valence-electron chi connectivity index (χ3n) is 14.1. The highest BCUT2D eigenvalue weighted by Gasteiger charge is 2.32. The molecule has 2 aromatic heterocycles. The molecule has 10 rings (SSSR count). The summed E-state index contributed by atoms with van der Waals surface area (Å²) in [5.74, 6) is -3.78. The molecule has 10 aromatic rings. The van der Waals surface area contributed by atoms with Crippen molar-refractivity contribution in [3.05, 3.63) is 237 Å². The summed E-state index contributed by atoms with van der Waals surface area (Å²) in [6.07, 6.45) is 4.11. The number of fused-ring (bicyclic) bond motifs is 3. The normalized spacial score (nSPS) is 11.3. The summed E-state index contributed by atoms with van der Waals surface area (Å²) in [5, 5.41) is 46.6. The molecule has 2 heterocycles. The van der Waals surface area contributed by atoms with Crippen molar-refractivity contribution in [1.82, 2.24) is 4.57 Å². The number of esters is 1. The summed E-state index contributed by atoms with van der Waals surface area (Å²) in [4.78, 5) is 49.8. The Morgan fingerprint density at radius 2 is 1.25 bits per heavy atom. The number of carboxylic acids is 2. The van der Waals surface area contributed by atoms with Gasteiger partial charge in [0.25, 0.3) is 0 Å². The van der Waals surface area contributed by atoms with Gasteiger partial charge in [0.15, 0.2) is 11.4 Å². The van der Waals surface area contributed by atoms with Crippen LogP contribution >= 0.6 is 11.6 Å². The van der Waals surface area contributed by atoms with Gasteiger partial charge in [-0.05, 0) is 177 Å². The number of para-hydroxylation sites is 1. The molecular weight excluding hydrogens is 1070 g/mol. The lowest BCUT2D eigenvalue weighted by Gasteiger charge is -2.25. The van der Waals surface area contributed by atoms with Crippen molar-refractivity contribution in [2.45, 2.75) is 59.7 Å². The van der Waals surface area contributed by atoms with Gasteiger partial charge in [-0.3, -0.25) is 4.79 Å². The number of aromatic nitrogens is 2. The highest BCUT2D eigenvalue weighted by atomic mass is 35.5. The van der Waals surface area contributed by atoms with Crippen molar-refractivity contribution in [3.63, 3.8) is 0 Å². The first kappa shape index (κ1) is 59.4. The summed E-state index contributed by atoms with van der Waals surface area (Å²) in [5.41, 5.74) is 8.36. The van der Waals surface area contributed by atoms with Gasteiger partial charge in [-0.25, -0.2) is 14.4 Å². The van der Waals surface area contributed by atoms with Crippen LogP contribution in [0.25, 0.3) is 50.3 Å². The van der Waals surface area contributed by atoms with Crippen molar-refractivity contribution in [2.75, 3.05) is 19.0 Å². The summed E-state index contributed by atoms with van der Waals surface area (Å²) in [6.45, 7) is 11.2. The summed E-state index contributed by atoms with van der Waals surface area (Å²) in [7, 11) is 6.28. The van der Waals surface area contributed by atoms with Gasteiger partial charge >= 0.3 is 17.9 Å². The molecule has 0 aliphatic rings. The fourth-order valence-electron chi connectivity index (χ4n) is 9.76. The smallest absolute Gasteiger partial charge is 0.350 e. The highest BCUT2D eigenvalue weighted by Crippen LogP contribution is 2.38. The standard InChI is InChI=1S/C26H28N3.C23H16O6.C20H21ClO4/c1-19-17-21(20(2)29(19)24-9-7-6-8-10-24)11-13-23-14-12-22-18-25(27(3)4)15-16-26(22)28(23)5;24-20-16(14-7-3-1-5-12(14)9-18(20)22(26)27)11-17-15-8-4-2-6-13(15)10-19(21(17)25)23(28)29;1-13(2)24-19(23)20(3,4)25-17-11-7-15(8-12-17)18(22)14-5-9-16(21)10-6-14/h6-18H,1-5H3;1-10,24-25H,11H2,(H,26,27)(H,28,29);5-13H,1-4H3/q+1;;/p-1. The van der Waals surface area contributed by atoms with E-state index in [-0.39, 0.29) is 40.6 Å². The average molecular weight is 1130 g/mol. The third-order valence-corrected chi connectivity index (χ3v) is 14.4. The zero-order valence-electron chi connectivity index (χ0n) is 47.6. The predicted octanol–water partition coefficient (Wildman–Crippen LogP) is 13.7. The van der Waals surface area contributed by atoms with Crippen LogP contribution in [-0.4, -0.2) is 69.4 Å². The van der Waals surface area contributed by atoms with E-state index in [1.807, 2.05) is 0 Å². The molecule has 0 aliphatic carbocycles. The summed E-state index contributed by atoms with van der Waals surface area (Å²) < 4.78 is 15.5. The van der Waals surface area contributed by atoms with Gasteiger partial charge in [-0.1, -0.05) is 84.1 Å². The molecular formula is C69H64ClN3O10. The first-order valence-corrected chi connectivity index (χ1v) is 27.2. The van der Waals surface area contributed by atoms with Gasteiger partial charge in [0.05, 0.1) is 11.7 Å². The lowest BCUT2D eigenvalue weighted by molar-refractivity contribution is -0.646. The van der Waals surface area contributed by atoms with Gasteiger partial charge in [-0.15, -0.1) is 0 Å². The van der Waals surface area contributed by atoms with E-state index in [2.05, 4.69) is 128 Å². The van der Waals surface area contributed by atoms with E-state index in [9.17, 15) is 39.6 Å². The Balaban J connectivity index is 0.000000163. The number of anilines is 1. The maximum atomic E-state index is 12.9. The number of hydrogen-bond acceptors (Lipinski definition) is 9. The van der Waals surface area contributed by atoms with Crippen molar-refractivity contribution in [1.29, 1.82) is 0 Å². The number of aryl methyl sites for hydroxylation is 2. The number of benzene rings is 8. The Hall–Kier alpha value is -9.72. The van der Waals surface area contributed by atoms with Crippen LogP contribution < -0.4 is 19.3 Å².